The summed E-state index contributed by atoms with van der Waals surface area (Å²) >= 11 is 1.37. The Morgan fingerprint density at radius 3 is 2.62 bits per heavy atom. The van der Waals surface area contributed by atoms with Gasteiger partial charge in [0.1, 0.15) is 0 Å². The Hall–Kier alpha value is -1.43. The van der Waals surface area contributed by atoms with Crippen LogP contribution in [0.15, 0.2) is 5.51 Å². The molecule has 0 aromatic carbocycles. The van der Waals surface area contributed by atoms with Crippen molar-refractivity contribution in [2.24, 2.45) is 0 Å². The van der Waals surface area contributed by atoms with Crippen LogP contribution in [0.3, 0.4) is 0 Å². The number of nitrogens with zero attached hydrogens (tertiary/aromatic N) is 1. The molecule has 0 aliphatic rings. The number of thiazole rings is 1. The highest BCUT2D eigenvalue weighted by Crippen LogP contribution is 2.13. The maximum Gasteiger partial charge on any atom is 0.360 e. The zero-order chi connectivity index (χ0) is 12.0. The SMILES string of the molecule is CCCC(=O)OOC(=O)Cc1scnc1C. The molecule has 88 valence electrons. The van der Waals surface area contributed by atoms with Crippen LogP contribution in [0.1, 0.15) is 30.3 Å². The van der Waals surface area contributed by atoms with E-state index >= 15 is 0 Å². The first-order valence-electron chi connectivity index (χ1n) is 4.92. The highest BCUT2D eigenvalue weighted by molar-refractivity contribution is 7.09. The van der Waals surface area contributed by atoms with E-state index in [1.54, 1.807) is 5.51 Å². The molecule has 0 aliphatic heterocycles. The predicted molar refractivity (Wildman–Crippen MR) is 57.6 cm³/mol. The Bertz CT molecular complexity index is 375. The molecule has 0 spiro atoms. The quantitative estimate of drug-likeness (QED) is 0.596. The summed E-state index contributed by atoms with van der Waals surface area (Å²) in [6.45, 7) is 3.64. The van der Waals surface area contributed by atoms with Crippen molar-refractivity contribution < 1.29 is 19.4 Å². The lowest BCUT2D eigenvalue weighted by atomic mass is 10.3. The van der Waals surface area contributed by atoms with Crippen molar-refractivity contribution in [3.63, 3.8) is 0 Å². The molecule has 1 heterocycles. The molecular weight excluding hydrogens is 230 g/mol. The van der Waals surface area contributed by atoms with Crippen molar-refractivity contribution in [3.05, 3.63) is 16.1 Å². The Morgan fingerprint density at radius 1 is 1.38 bits per heavy atom. The van der Waals surface area contributed by atoms with Crippen molar-refractivity contribution in [2.45, 2.75) is 33.1 Å². The van der Waals surface area contributed by atoms with Gasteiger partial charge >= 0.3 is 11.9 Å². The van der Waals surface area contributed by atoms with Crippen molar-refractivity contribution in [1.82, 2.24) is 4.98 Å². The Kier molecular flexibility index (Phi) is 4.91. The third-order valence-electron chi connectivity index (χ3n) is 1.83. The minimum absolute atomic E-state index is 0.0793. The average Bonchev–Trinajstić information content (AvgIpc) is 2.62. The second-order valence-corrected chi connectivity index (χ2v) is 4.14. The molecular formula is C10H13NO4S. The number of aromatic nitrogens is 1. The molecule has 1 rings (SSSR count). The van der Waals surface area contributed by atoms with Crippen LogP contribution in [0.5, 0.6) is 0 Å². The maximum atomic E-state index is 11.3. The van der Waals surface area contributed by atoms with Gasteiger partial charge in [0.15, 0.2) is 0 Å². The van der Waals surface area contributed by atoms with Gasteiger partial charge in [-0.3, -0.25) is 0 Å². The third kappa shape index (κ3) is 3.98. The molecule has 0 bridgehead atoms. The van der Waals surface area contributed by atoms with Gasteiger partial charge in [0.05, 0.1) is 17.6 Å². The van der Waals surface area contributed by atoms with E-state index in [9.17, 15) is 9.59 Å². The summed E-state index contributed by atoms with van der Waals surface area (Å²) in [7, 11) is 0. The van der Waals surface area contributed by atoms with E-state index in [-0.39, 0.29) is 12.8 Å². The van der Waals surface area contributed by atoms with Crippen LogP contribution in [0.2, 0.25) is 0 Å². The summed E-state index contributed by atoms with van der Waals surface area (Å²) in [5.74, 6) is -1.12. The molecule has 0 unspecified atom stereocenters. The zero-order valence-electron chi connectivity index (χ0n) is 9.19. The van der Waals surface area contributed by atoms with E-state index in [4.69, 9.17) is 0 Å². The lowest BCUT2D eigenvalue weighted by Crippen LogP contribution is -2.12. The molecule has 1 aromatic heterocycles. The molecule has 0 amide bonds. The van der Waals surface area contributed by atoms with Gasteiger partial charge in [-0.15, -0.1) is 11.3 Å². The van der Waals surface area contributed by atoms with Gasteiger partial charge in [-0.2, -0.15) is 0 Å². The normalized spacial score (nSPS) is 9.88. The van der Waals surface area contributed by atoms with E-state index < -0.39 is 11.9 Å². The molecule has 6 heteroatoms. The molecule has 0 N–H and O–H groups in total. The van der Waals surface area contributed by atoms with Crippen LogP contribution in [0.25, 0.3) is 0 Å². The van der Waals surface area contributed by atoms with Crippen LogP contribution < -0.4 is 0 Å². The predicted octanol–water partition coefficient (Wildman–Crippen LogP) is 1.80. The van der Waals surface area contributed by atoms with E-state index in [1.807, 2.05) is 13.8 Å². The van der Waals surface area contributed by atoms with E-state index in [2.05, 4.69) is 14.8 Å². The molecule has 0 aliphatic carbocycles. The first-order chi connectivity index (χ1) is 7.63. The summed E-state index contributed by atoms with van der Waals surface area (Å²) in [6, 6.07) is 0. The fraction of sp³-hybridized carbons (Fsp3) is 0.500. The highest BCUT2D eigenvalue weighted by atomic mass is 32.1. The molecule has 16 heavy (non-hydrogen) atoms. The topological polar surface area (TPSA) is 65.5 Å². The lowest BCUT2D eigenvalue weighted by molar-refractivity contribution is -0.258. The Labute approximate surface area is 97.3 Å². The standard InChI is InChI=1S/C10H13NO4S/c1-3-4-9(12)14-15-10(13)5-8-7(2)11-6-16-8/h6H,3-5H2,1-2H3. The Balaban J connectivity index is 2.32. The zero-order valence-corrected chi connectivity index (χ0v) is 10.0. The second kappa shape index (κ2) is 6.22. The summed E-state index contributed by atoms with van der Waals surface area (Å²) in [5.41, 5.74) is 2.45. The molecule has 0 saturated carbocycles. The van der Waals surface area contributed by atoms with E-state index in [0.717, 1.165) is 10.6 Å². The molecule has 0 atom stereocenters. The van der Waals surface area contributed by atoms with Crippen LogP contribution in [-0.2, 0) is 25.8 Å². The highest BCUT2D eigenvalue weighted by Gasteiger charge is 2.12. The van der Waals surface area contributed by atoms with Crippen LogP contribution >= 0.6 is 11.3 Å². The first-order valence-corrected chi connectivity index (χ1v) is 5.80. The minimum Gasteiger partial charge on any atom is -0.250 e. The summed E-state index contributed by atoms with van der Waals surface area (Å²) in [6.07, 6.45) is 0.979. The fourth-order valence-electron chi connectivity index (χ4n) is 0.995. The van der Waals surface area contributed by atoms with Gasteiger partial charge in [-0.05, 0) is 13.3 Å². The summed E-state index contributed by atoms with van der Waals surface area (Å²) < 4.78 is 0. The van der Waals surface area contributed by atoms with Crippen LogP contribution in [0, 0.1) is 6.92 Å². The van der Waals surface area contributed by atoms with Gasteiger partial charge in [-0.25, -0.2) is 24.3 Å². The average molecular weight is 243 g/mol. The molecule has 0 saturated heterocycles. The van der Waals surface area contributed by atoms with Crippen LogP contribution in [0.4, 0.5) is 0 Å². The molecule has 0 radical (unpaired) electrons. The maximum absolute atomic E-state index is 11.3. The van der Waals surface area contributed by atoms with Gasteiger partial charge in [0, 0.05) is 11.3 Å². The van der Waals surface area contributed by atoms with Gasteiger partial charge in [0.25, 0.3) is 0 Å². The van der Waals surface area contributed by atoms with Crippen molar-refractivity contribution in [3.8, 4) is 0 Å². The number of aryl methyl sites for hydroxylation is 1. The van der Waals surface area contributed by atoms with Crippen LogP contribution in [-0.4, -0.2) is 16.9 Å². The molecule has 1 aromatic rings. The molecule has 0 fully saturated rings. The number of carbonyl (C=O) groups excluding carboxylic acids is 2. The minimum atomic E-state index is -0.586. The Morgan fingerprint density at radius 2 is 2.06 bits per heavy atom. The third-order valence-corrected chi connectivity index (χ3v) is 2.77. The van der Waals surface area contributed by atoms with E-state index in [1.165, 1.54) is 11.3 Å². The summed E-state index contributed by atoms with van der Waals surface area (Å²) in [4.78, 5) is 35.7. The summed E-state index contributed by atoms with van der Waals surface area (Å²) in [5, 5.41) is 0. The number of hydrogen-bond acceptors (Lipinski definition) is 6. The first kappa shape index (κ1) is 12.6. The fourth-order valence-corrected chi connectivity index (χ4v) is 1.76. The van der Waals surface area contributed by atoms with Crippen molar-refractivity contribution >= 4 is 23.3 Å². The lowest BCUT2D eigenvalue weighted by Gasteiger charge is -2.01. The largest absolute Gasteiger partial charge is 0.360 e. The van der Waals surface area contributed by atoms with Crippen molar-refractivity contribution in [2.75, 3.05) is 0 Å². The van der Waals surface area contributed by atoms with E-state index in [0.29, 0.717) is 6.42 Å². The van der Waals surface area contributed by atoms with Crippen molar-refractivity contribution in [1.29, 1.82) is 0 Å². The van der Waals surface area contributed by atoms with Gasteiger partial charge < -0.3 is 0 Å². The number of hydrogen-bond donors (Lipinski definition) is 0. The number of rotatable bonds is 4. The molecule has 5 nitrogen and oxygen atoms in total. The number of carbonyl (C=O) groups is 2. The monoisotopic (exact) mass is 243 g/mol. The smallest absolute Gasteiger partial charge is 0.250 e. The van der Waals surface area contributed by atoms with Gasteiger partial charge in [-0.1, -0.05) is 6.92 Å². The van der Waals surface area contributed by atoms with Gasteiger partial charge in [0.2, 0.25) is 0 Å². The second-order valence-electron chi connectivity index (χ2n) is 3.20.